The molecule has 2 rings (SSSR count). The third-order valence-electron chi connectivity index (χ3n) is 3.21. The molecule has 2 aromatic heterocycles. The van der Waals surface area contributed by atoms with E-state index in [0.29, 0.717) is 0 Å². The van der Waals surface area contributed by atoms with E-state index in [2.05, 4.69) is 30.7 Å². The molecular weight excluding hydrogens is 234 g/mol. The highest BCUT2D eigenvalue weighted by atomic mass is 15.1. The summed E-state index contributed by atoms with van der Waals surface area (Å²) in [6.07, 6.45) is 4.03. The first-order valence-corrected chi connectivity index (χ1v) is 6.51. The molecule has 0 N–H and O–H groups in total. The molecule has 0 aromatic carbocycles. The van der Waals surface area contributed by atoms with Gasteiger partial charge in [-0.2, -0.15) is 5.26 Å². The quantitative estimate of drug-likeness (QED) is 0.766. The van der Waals surface area contributed by atoms with Crippen LogP contribution < -0.4 is 0 Å². The van der Waals surface area contributed by atoms with Crippen LogP contribution >= 0.6 is 0 Å². The van der Waals surface area contributed by atoms with E-state index in [4.69, 9.17) is 0 Å². The van der Waals surface area contributed by atoms with Gasteiger partial charge < -0.3 is 4.40 Å². The molecule has 0 aliphatic heterocycles. The van der Waals surface area contributed by atoms with E-state index in [1.807, 2.05) is 35.7 Å². The first-order chi connectivity index (χ1) is 9.15. The molecule has 0 atom stereocenters. The lowest BCUT2D eigenvalue weighted by Crippen LogP contribution is -2.24. The molecule has 0 fully saturated rings. The molecule has 19 heavy (non-hydrogen) atoms. The SMILES string of the molecule is C=C(C)CN(CC)Cc1cn2ccccc2c1C#N. The molecule has 0 bridgehead atoms. The van der Waals surface area contributed by atoms with Gasteiger partial charge in [-0.05, 0) is 25.6 Å². The van der Waals surface area contributed by atoms with Gasteiger partial charge >= 0.3 is 0 Å². The number of hydrogen-bond donors (Lipinski definition) is 0. The summed E-state index contributed by atoms with van der Waals surface area (Å²) in [5, 5.41) is 9.37. The second kappa shape index (κ2) is 5.73. The van der Waals surface area contributed by atoms with Gasteiger partial charge in [0.1, 0.15) is 6.07 Å². The summed E-state index contributed by atoms with van der Waals surface area (Å²) in [7, 11) is 0. The fraction of sp³-hybridized carbons (Fsp3) is 0.312. The Morgan fingerprint density at radius 1 is 1.47 bits per heavy atom. The third kappa shape index (κ3) is 2.86. The van der Waals surface area contributed by atoms with Crippen LogP contribution in [0.15, 0.2) is 42.7 Å². The highest BCUT2D eigenvalue weighted by molar-refractivity contribution is 5.65. The van der Waals surface area contributed by atoms with E-state index in [-0.39, 0.29) is 0 Å². The Balaban J connectivity index is 2.34. The maximum Gasteiger partial charge on any atom is 0.102 e. The number of likely N-dealkylation sites (N-methyl/N-ethyl adjacent to an activating group) is 1. The van der Waals surface area contributed by atoms with Gasteiger partial charge in [0.2, 0.25) is 0 Å². The zero-order valence-corrected chi connectivity index (χ0v) is 11.6. The average Bonchev–Trinajstić information content (AvgIpc) is 2.74. The first kappa shape index (κ1) is 13.4. The minimum absolute atomic E-state index is 0.778. The lowest BCUT2D eigenvalue weighted by Gasteiger charge is -2.19. The summed E-state index contributed by atoms with van der Waals surface area (Å²) in [6, 6.07) is 8.25. The van der Waals surface area contributed by atoms with Crippen LogP contribution in [-0.4, -0.2) is 22.4 Å². The van der Waals surface area contributed by atoms with Crippen molar-refractivity contribution in [2.45, 2.75) is 20.4 Å². The van der Waals surface area contributed by atoms with Crippen LogP contribution in [0.4, 0.5) is 0 Å². The van der Waals surface area contributed by atoms with Crippen molar-refractivity contribution in [1.82, 2.24) is 9.30 Å². The lowest BCUT2D eigenvalue weighted by atomic mass is 10.1. The van der Waals surface area contributed by atoms with Gasteiger partial charge in [0.05, 0.1) is 11.1 Å². The van der Waals surface area contributed by atoms with E-state index in [0.717, 1.165) is 41.9 Å². The number of nitrogens with zero attached hydrogens (tertiary/aromatic N) is 3. The van der Waals surface area contributed by atoms with Crippen molar-refractivity contribution in [3.05, 3.63) is 53.9 Å². The monoisotopic (exact) mass is 253 g/mol. The van der Waals surface area contributed by atoms with Gasteiger partial charge in [-0.25, -0.2) is 0 Å². The topological polar surface area (TPSA) is 31.4 Å². The Labute approximate surface area is 114 Å². The molecule has 0 spiro atoms. The van der Waals surface area contributed by atoms with Gasteiger partial charge in [0.25, 0.3) is 0 Å². The van der Waals surface area contributed by atoms with E-state index >= 15 is 0 Å². The van der Waals surface area contributed by atoms with Crippen molar-refractivity contribution in [2.24, 2.45) is 0 Å². The molecule has 0 saturated heterocycles. The maximum atomic E-state index is 9.37. The van der Waals surface area contributed by atoms with Crippen molar-refractivity contribution in [2.75, 3.05) is 13.1 Å². The van der Waals surface area contributed by atoms with Crippen LogP contribution in [-0.2, 0) is 6.54 Å². The van der Waals surface area contributed by atoms with Crippen LogP contribution in [0.1, 0.15) is 25.0 Å². The van der Waals surface area contributed by atoms with E-state index in [9.17, 15) is 5.26 Å². The summed E-state index contributed by atoms with van der Waals surface area (Å²) in [5.74, 6) is 0. The first-order valence-electron chi connectivity index (χ1n) is 6.51. The predicted molar refractivity (Wildman–Crippen MR) is 77.9 cm³/mol. The summed E-state index contributed by atoms with van der Waals surface area (Å²) in [6.45, 7) is 10.7. The minimum Gasteiger partial charge on any atom is -0.322 e. The predicted octanol–water partition coefficient (Wildman–Crippen LogP) is 3.21. The Bertz CT molecular complexity index is 631. The van der Waals surface area contributed by atoms with Gasteiger partial charge in [-0.1, -0.05) is 25.1 Å². The smallest absolute Gasteiger partial charge is 0.102 e. The average molecular weight is 253 g/mol. The summed E-state index contributed by atoms with van der Waals surface area (Å²) >= 11 is 0. The van der Waals surface area contributed by atoms with Crippen LogP contribution in [0.5, 0.6) is 0 Å². The molecule has 3 heteroatoms. The molecule has 0 unspecified atom stereocenters. The van der Waals surface area contributed by atoms with Gasteiger partial charge in [-0.3, -0.25) is 4.90 Å². The third-order valence-corrected chi connectivity index (χ3v) is 3.21. The molecule has 3 nitrogen and oxygen atoms in total. The second-order valence-electron chi connectivity index (χ2n) is 4.89. The molecule has 0 aliphatic carbocycles. The molecule has 98 valence electrons. The van der Waals surface area contributed by atoms with Crippen molar-refractivity contribution < 1.29 is 0 Å². The number of aromatic nitrogens is 1. The Hall–Kier alpha value is -2.05. The number of nitriles is 1. The highest BCUT2D eigenvalue weighted by Gasteiger charge is 2.12. The summed E-state index contributed by atoms with van der Waals surface area (Å²) in [4.78, 5) is 2.29. The van der Waals surface area contributed by atoms with Crippen LogP contribution in [0.3, 0.4) is 0 Å². The standard InChI is InChI=1S/C16H19N3/c1-4-18(10-13(2)3)11-14-12-19-8-6-5-7-16(19)15(14)9-17/h5-8,12H,2,4,10-11H2,1,3H3. The molecule has 0 radical (unpaired) electrons. The fourth-order valence-electron chi connectivity index (χ4n) is 2.33. The Morgan fingerprint density at radius 2 is 2.26 bits per heavy atom. The number of rotatable bonds is 5. The maximum absolute atomic E-state index is 9.37. The molecule has 2 aromatic rings. The van der Waals surface area contributed by atoms with Crippen molar-refractivity contribution >= 4 is 5.52 Å². The number of hydrogen-bond acceptors (Lipinski definition) is 2. The number of pyridine rings is 1. The fourth-order valence-corrected chi connectivity index (χ4v) is 2.33. The molecule has 0 saturated carbocycles. The Morgan fingerprint density at radius 3 is 2.89 bits per heavy atom. The van der Waals surface area contributed by atoms with Crippen LogP contribution in [0.2, 0.25) is 0 Å². The van der Waals surface area contributed by atoms with E-state index < -0.39 is 0 Å². The van der Waals surface area contributed by atoms with E-state index in [1.165, 1.54) is 0 Å². The van der Waals surface area contributed by atoms with Gasteiger partial charge in [-0.15, -0.1) is 0 Å². The van der Waals surface area contributed by atoms with E-state index in [1.54, 1.807) is 0 Å². The van der Waals surface area contributed by atoms with Gasteiger partial charge in [0.15, 0.2) is 0 Å². The normalized spacial score (nSPS) is 10.8. The van der Waals surface area contributed by atoms with Crippen LogP contribution in [0.25, 0.3) is 5.52 Å². The van der Waals surface area contributed by atoms with Crippen molar-refractivity contribution in [3.63, 3.8) is 0 Å². The summed E-state index contributed by atoms with van der Waals surface area (Å²) < 4.78 is 2.02. The lowest BCUT2D eigenvalue weighted by molar-refractivity contribution is 0.304. The zero-order valence-electron chi connectivity index (χ0n) is 11.6. The zero-order chi connectivity index (χ0) is 13.8. The molecule has 2 heterocycles. The van der Waals surface area contributed by atoms with Crippen molar-refractivity contribution in [1.29, 1.82) is 5.26 Å². The highest BCUT2D eigenvalue weighted by Crippen LogP contribution is 2.19. The van der Waals surface area contributed by atoms with Crippen molar-refractivity contribution in [3.8, 4) is 6.07 Å². The summed E-state index contributed by atoms with van der Waals surface area (Å²) in [5.41, 5.74) is 3.98. The van der Waals surface area contributed by atoms with Gasteiger partial charge in [0, 0.05) is 31.0 Å². The Kier molecular flexibility index (Phi) is 4.03. The molecule has 0 amide bonds. The van der Waals surface area contributed by atoms with Crippen LogP contribution in [0, 0.1) is 11.3 Å². The number of fused-ring (bicyclic) bond motifs is 1. The molecule has 0 aliphatic rings. The largest absolute Gasteiger partial charge is 0.322 e. The second-order valence-corrected chi connectivity index (χ2v) is 4.89. The minimum atomic E-state index is 0.778. The molecular formula is C16H19N3.